The molecule has 5 rings (SSSR count). The van der Waals surface area contributed by atoms with E-state index in [9.17, 15) is 4.79 Å². The minimum atomic E-state index is -0.247. The van der Waals surface area contributed by atoms with E-state index in [1.165, 1.54) is 0 Å². The van der Waals surface area contributed by atoms with Crippen LogP contribution in [-0.2, 0) is 11.3 Å². The Kier molecular flexibility index (Phi) is 5.65. The summed E-state index contributed by atoms with van der Waals surface area (Å²) in [7, 11) is 0. The predicted molar refractivity (Wildman–Crippen MR) is 124 cm³/mol. The number of aromatic nitrogens is 2. The molecular weight excluding hydrogens is 418 g/mol. The Labute approximate surface area is 191 Å². The van der Waals surface area contributed by atoms with Gasteiger partial charge in [-0.2, -0.15) is 5.10 Å². The molecule has 33 heavy (non-hydrogen) atoms. The van der Waals surface area contributed by atoms with Crippen LogP contribution in [0.15, 0.2) is 59.0 Å². The molecule has 1 aliphatic heterocycles. The molecule has 0 aliphatic carbocycles. The third-order valence-corrected chi connectivity index (χ3v) is 5.67. The van der Waals surface area contributed by atoms with Crippen LogP contribution in [0.4, 0.5) is 5.69 Å². The van der Waals surface area contributed by atoms with Crippen LogP contribution in [-0.4, -0.2) is 47.0 Å². The predicted octanol–water partition coefficient (Wildman–Crippen LogP) is 4.18. The second kappa shape index (κ2) is 8.90. The van der Waals surface area contributed by atoms with Gasteiger partial charge in [0.15, 0.2) is 11.4 Å². The molecule has 1 aliphatic rings. The summed E-state index contributed by atoms with van der Waals surface area (Å²) in [6.45, 7) is 12.3. The third kappa shape index (κ3) is 4.37. The monoisotopic (exact) mass is 441 g/mol. The Morgan fingerprint density at radius 2 is 1.94 bits per heavy atom. The number of ether oxygens (including phenoxy) is 1. The van der Waals surface area contributed by atoms with E-state index in [-0.39, 0.29) is 5.91 Å². The molecule has 166 valence electrons. The second-order valence-corrected chi connectivity index (χ2v) is 7.98. The van der Waals surface area contributed by atoms with Crippen molar-refractivity contribution >= 4 is 22.6 Å². The van der Waals surface area contributed by atoms with Gasteiger partial charge in [-0.15, -0.1) is 0 Å². The average Bonchev–Trinajstić information content (AvgIpc) is 3.44. The molecule has 1 saturated heterocycles. The van der Waals surface area contributed by atoms with Crippen molar-refractivity contribution in [1.29, 1.82) is 0 Å². The fraction of sp³-hybridized carbons (Fsp3) is 0.240. The number of hydrogen-bond donors (Lipinski definition) is 1. The van der Waals surface area contributed by atoms with E-state index in [0.717, 1.165) is 33.6 Å². The number of hydrogen-bond acceptors (Lipinski definition) is 5. The Bertz CT molecular complexity index is 1340. The van der Waals surface area contributed by atoms with Crippen molar-refractivity contribution in [2.45, 2.75) is 13.5 Å². The van der Waals surface area contributed by atoms with Gasteiger partial charge in [0.2, 0.25) is 0 Å². The minimum Gasteiger partial charge on any atom is -0.456 e. The number of morpholine rings is 1. The van der Waals surface area contributed by atoms with Crippen LogP contribution in [0.5, 0.6) is 0 Å². The van der Waals surface area contributed by atoms with Gasteiger partial charge in [-0.1, -0.05) is 30.3 Å². The lowest BCUT2D eigenvalue weighted by molar-refractivity contribution is 0.0124. The highest BCUT2D eigenvalue weighted by molar-refractivity contribution is 5.92. The van der Waals surface area contributed by atoms with Gasteiger partial charge in [-0.05, 0) is 31.2 Å². The van der Waals surface area contributed by atoms with Crippen molar-refractivity contribution < 1.29 is 13.9 Å². The number of benzene rings is 2. The zero-order valence-electron chi connectivity index (χ0n) is 18.2. The summed E-state index contributed by atoms with van der Waals surface area (Å²) < 4.78 is 13.3. The Balaban J connectivity index is 1.44. The number of rotatable bonds is 5. The van der Waals surface area contributed by atoms with Crippen molar-refractivity contribution in [2.75, 3.05) is 26.3 Å². The highest BCUT2D eigenvalue weighted by atomic mass is 16.5. The first-order chi connectivity index (χ1) is 16.1. The van der Waals surface area contributed by atoms with Crippen molar-refractivity contribution in [3.8, 4) is 11.3 Å². The summed E-state index contributed by atoms with van der Waals surface area (Å²) in [5.41, 5.74) is 7.15. The molecule has 0 unspecified atom stereocenters. The van der Waals surface area contributed by atoms with Crippen LogP contribution in [0.3, 0.4) is 0 Å². The van der Waals surface area contributed by atoms with Gasteiger partial charge in [0, 0.05) is 35.3 Å². The van der Waals surface area contributed by atoms with Gasteiger partial charge in [0.05, 0.1) is 26.3 Å². The lowest BCUT2D eigenvalue weighted by Crippen LogP contribution is -2.48. The van der Waals surface area contributed by atoms with E-state index in [2.05, 4.69) is 15.4 Å². The number of furan rings is 1. The quantitative estimate of drug-likeness (QED) is 0.470. The van der Waals surface area contributed by atoms with Crippen LogP contribution in [0, 0.1) is 13.5 Å². The van der Waals surface area contributed by atoms with Crippen LogP contribution >= 0.6 is 0 Å². The molecule has 3 heterocycles. The first kappa shape index (κ1) is 20.9. The Hall–Kier alpha value is -3.93. The molecule has 1 amide bonds. The zero-order chi connectivity index (χ0) is 22.8. The largest absolute Gasteiger partial charge is 0.456 e. The SMILES string of the molecule is [C-]#[N+]c1cc(Cn2nc(C(=O)NN3CCOCC3)cc2C)c2oc(-c3ccccc3)cc2c1. The number of carbonyl (C=O) groups is 1. The van der Waals surface area contributed by atoms with Gasteiger partial charge in [-0.3, -0.25) is 14.9 Å². The number of amides is 1. The topological polar surface area (TPSA) is 76.9 Å². The summed E-state index contributed by atoms with van der Waals surface area (Å²) >= 11 is 0. The summed E-state index contributed by atoms with van der Waals surface area (Å²) in [5, 5.41) is 7.24. The molecule has 4 aromatic rings. The number of fused-ring (bicyclic) bond motifs is 1. The van der Waals surface area contributed by atoms with Gasteiger partial charge >= 0.3 is 0 Å². The van der Waals surface area contributed by atoms with Crippen molar-refractivity contribution in [2.24, 2.45) is 0 Å². The molecule has 0 atom stereocenters. The van der Waals surface area contributed by atoms with Crippen molar-refractivity contribution in [1.82, 2.24) is 20.2 Å². The number of hydrazine groups is 1. The molecule has 0 saturated carbocycles. The zero-order valence-corrected chi connectivity index (χ0v) is 18.2. The van der Waals surface area contributed by atoms with E-state index in [1.807, 2.05) is 60.5 Å². The molecule has 2 aromatic carbocycles. The Morgan fingerprint density at radius 1 is 1.15 bits per heavy atom. The van der Waals surface area contributed by atoms with Crippen LogP contribution in [0.1, 0.15) is 21.7 Å². The smallest absolute Gasteiger partial charge is 0.286 e. The molecule has 2 aromatic heterocycles. The summed E-state index contributed by atoms with van der Waals surface area (Å²) in [5.74, 6) is 0.500. The maximum absolute atomic E-state index is 12.7. The van der Waals surface area contributed by atoms with E-state index in [0.29, 0.717) is 44.2 Å². The van der Waals surface area contributed by atoms with Crippen LogP contribution in [0.25, 0.3) is 27.1 Å². The summed E-state index contributed by atoms with van der Waals surface area (Å²) in [6.07, 6.45) is 0. The normalized spacial score (nSPS) is 14.3. The standard InChI is InChI=1S/C25H23N5O3/c1-17-12-22(25(31)28-29-8-10-32-11-9-29)27-30(17)16-20-14-21(26-2)13-19-15-23(33-24(19)20)18-6-4-3-5-7-18/h3-7,12-15H,8-11,16H2,1H3,(H,28,31). The molecular formula is C25H23N5O3. The molecule has 1 N–H and O–H groups in total. The van der Waals surface area contributed by atoms with E-state index >= 15 is 0 Å². The van der Waals surface area contributed by atoms with E-state index in [4.69, 9.17) is 15.7 Å². The lowest BCUT2D eigenvalue weighted by atomic mass is 10.1. The second-order valence-electron chi connectivity index (χ2n) is 7.98. The van der Waals surface area contributed by atoms with E-state index in [1.54, 1.807) is 10.7 Å². The molecule has 8 heteroatoms. The van der Waals surface area contributed by atoms with E-state index < -0.39 is 0 Å². The molecule has 0 radical (unpaired) electrons. The van der Waals surface area contributed by atoms with Crippen molar-refractivity contribution in [3.63, 3.8) is 0 Å². The highest BCUT2D eigenvalue weighted by Crippen LogP contribution is 2.33. The van der Waals surface area contributed by atoms with Gasteiger partial charge in [0.1, 0.15) is 11.3 Å². The maximum Gasteiger partial charge on any atom is 0.286 e. The number of carbonyl (C=O) groups excluding carboxylic acids is 1. The van der Waals surface area contributed by atoms with Crippen molar-refractivity contribution in [3.05, 3.63) is 83.0 Å². The minimum absolute atomic E-state index is 0.247. The fourth-order valence-electron chi connectivity index (χ4n) is 3.95. The maximum atomic E-state index is 12.7. The third-order valence-electron chi connectivity index (χ3n) is 5.67. The molecule has 0 bridgehead atoms. The first-order valence-electron chi connectivity index (χ1n) is 10.8. The summed E-state index contributed by atoms with van der Waals surface area (Å²) in [6, 6.07) is 17.2. The molecule has 0 spiro atoms. The van der Waals surface area contributed by atoms with Crippen LogP contribution in [0.2, 0.25) is 0 Å². The fourth-order valence-corrected chi connectivity index (χ4v) is 3.95. The first-order valence-corrected chi connectivity index (χ1v) is 10.8. The van der Waals surface area contributed by atoms with Gasteiger partial charge in [0.25, 0.3) is 5.91 Å². The lowest BCUT2D eigenvalue weighted by Gasteiger charge is -2.26. The summed E-state index contributed by atoms with van der Waals surface area (Å²) in [4.78, 5) is 16.3. The van der Waals surface area contributed by atoms with Gasteiger partial charge in [-0.25, -0.2) is 9.85 Å². The average molecular weight is 441 g/mol. The Morgan fingerprint density at radius 3 is 2.70 bits per heavy atom. The number of aryl methyl sites for hydroxylation is 1. The van der Waals surface area contributed by atoms with Gasteiger partial charge < -0.3 is 9.15 Å². The highest BCUT2D eigenvalue weighted by Gasteiger charge is 2.19. The van der Waals surface area contributed by atoms with Crippen LogP contribution < -0.4 is 5.43 Å². The number of nitrogens with one attached hydrogen (secondary N) is 1. The molecule has 8 nitrogen and oxygen atoms in total. The molecule has 1 fully saturated rings. The number of nitrogens with zero attached hydrogens (tertiary/aromatic N) is 4.